The van der Waals surface area contributed by atoms with Crippen molar-refractivity contribution in [1.29, 1.82) is 0 Å². The van der Waals surface area contributed by atoms with E-state index in [1.165, 1.54) is 4.90 Å². The fraction of sp³-hybridized carbons (Fsp3) is 0.250. The Bertz CT molecular complexity index is 1040. The van der Waals surface area contributed by atoms with Gasteiger partial charge < -0.3 is 9.84 Å². The van der Waals surface area contributed by atoms with Crippen LogP contribution in [-0.4, -0.2) is 44.9 Å². The van der Waals surface area contributed by atoms with E-state index < -0.39 is 0 Å². The van der Waals surface area contributed by atoms with E-state index in [1.807, 2.05) is 14.0 Å². The molecule has 0 spiro atoms. The summed E-state index contributed by atoms with van der Waals surface area (Å²) in [4.78, 5) is 35.0. The van der Waals surface area contributed by atoms with Crippen LogP contribution in [0, 0.1) is 0 Å². The number of rotatable bonds is 6. The second-order valence-corrected chi connectivity index (χ2v) is 6.72. The first-order chi connectivity index (χ1) is 13.6. The average molecular weight is 414 g/mol. The molecule has 2 amide bonds. The molecule has 29 heavy (non-hydrogen) atoms. The summed E-state index contributed by atoms with van der Waals surface area (Å²) >= 11 is 0. The molecule has 8 nitrogen and oxygen atoms in total. The number of amides is 2. The van der Waals surface area contributed by atoms with Gasteiger partial charge in [-0.2, -0.15) is 4.98 Å². The van der Waals surface area contributed by atoms with Crippen molar-refractivity contribution in [2.45, 2.75) is 25.9 Å². The van der Waals surface area contributed by atoms with Crippen molar-refractivity contribution in [2.75, 3.05) is 7.05 Å². The van der Waals surface area contributed by atoms with Crippen molar-refractivity contribution in [3.8, 4) is 11.5 Å². The largest absolute Gasteiger partial charge is 0.334 e. The lowest BCUT2D eigenvalue weighted by molar-refractivity contribution is 0.0642. The lowest BCUT2D eigenvalue weighted by Gasteiger charge is -2.13. The number of fused-ring (bicyclic) bond motifs is 1. The summed E-state index contributed by atoms with van der Waals surface area (Å²) in [5.74, 6) is 0.271. The Morgan fingerprint density at radius 2 is 1.83 bits per heavy atom. The first kappa shape index (κ1) is 20.6. The maximum atomic E-state index is 12.8. The predicted molar refractivity (Wildman–Crippen MR) is 108 cm³/mol. The Balaban J connectivity index is 0.00000240. The number of carbonyl (C=O) groups is 2. The van der Waals surface area contributed by atoms with Crippen molar-refractivity contribution in [3.63, 3.8) is 0 Å². The number of halogens is 1. The van der Waals surface area contributed by atoms with Crippen LogP contribution in [0.4, 0.5) is 0 Å². The molecule has 0 radical (unpaired) electrons. The highest BCUT2D eigenvalue weighted by atomic mass is 35.5. The lowest BCUT2D eigenvalue weighted by atomic mass is 10.1. The summed E-state index contributed by atoms with van der Waals surface area (Å²) in [7, 11) is 1.87. The standard InChI is InChI=1S/C20H19N5O3.ClH/c1-12(21-2)9-17-23-18(28-24-17)14-3-4-15-16(10-14)20(27)25(19(15)26)11-13-5-7-22-8-6-13;/h3-8,10,12,21H,9,11H2,1-2H3;1H. The minimum absolute atomic E-state index is 0. The third-order valence-electron chi connectivity index (χ3n) is 4.76. The Morgan fingerprint density at radius 1 is 1.10 bits per heavy atom. The van der Waals surface area contributed by atoms with Crippen LogP contribution in [0.1, 0.15) is 39.0 Å². The van der Waals surface area contributed by atoms with Gasteiger partial charge in [-0.25, -0.2) is 0 Å². The molecule has 0 aliphatic carbocycles. The molecular weight excluding hydrogens is 394 g/mol. The van der Waals surface area contributed by atoms with Gasteiger partial charge in [-0.1, -0.05) is 5.16 Å². The topological polar surface area (TPSA) is 101 Å². The zero-order valence-electron chi connectivity index (χ0n) is 16.0. The van der Waals surface area contributed by atoms with Gasteiger partial charge in [-0.3, -0.25) is 19.5 Å². The lowest BCUT2D eigenvalue weighted by Crippen LogP contribution is -2.29. The number of benzene rings is 1. The molecule has 150 valence electrons. The number of aromatic nitrogens is 3. The van der Waals surface area contributed by atoms with Crippen LogP contribution in [0.3, 0.4) is 0 Å². The van der Waals surface area contributed by atoms with Gasteiger partial charge in [0, 0.05) is 30.4 Å². The van der Waals surface area contributed by atoms with Gasteiger partial charge in [0.25, 0.3) is 17.7 Å². The van der Waals surface area contributed by atoms with Crippen molar-refractivity contribution in [2.24, 2.45) is 0 Å². The number of nitrogens with one attached hydrogen (secondary N) is 1. The Labute approximate surface area is 173 Å². The van der Waals surface area contributed by atoms with Gasteiger partial charge in [0.05, 0.1) is 17.7 Å². The highest BCUT2D eigenvalue weighted by molar-refractivity contribution is 6.21. The van der Waals surface area contributed by atoms with E-state index in [0.29, 0.717) is 34.8 Å². The van der Waals surface area contributed by atoms with Gasteiger partial charge >= 0.3 is 0 Å². The van der Waals surface area contributed by atoms with Gasteiger partial charge in [-0.15, -0.1) is 12.4 Å². The van der Waals surface area contributed by atoms with Crippen LogP contribution in [0.5, 0.6) is 0 Å². The van der Waals surface area contributed by atoms with Crippen LogP contribution in [-0.2, 0) is 13.0 Å². The number of imide groups is 1. The highest BCUT2D eigenvalue weighted by Gasteiger charge is 2.36. The summed E-state index contributed by atoms with van der Waals surface area (Å²) in [5, 5.41) is 7.10. The Kier molecular flexibility index (Phi) is 6.05. The van der Waals surface area contributed by atoms with Gasteiger partial charge in [0.15, 0.2) is 5.82 Å². The summed E-state index contributed by atoms with van der Waals surface area (Å²) in [6, 6.07) is 8.77. The molecule has 3 heterocycles. The summed E-state index contributed by atoms with van der Waals surface area (Å²) in [5.41, 5.74) is 2.18. The highest BCUT2D eigenvalue weighted by Crippen LogP contribution is 2.29. The molecule has 2 aromatic heterocycles. The molecule has 1 aliphatic rings. The fourth-order valence-electron chi connectivity index (χ4n) is 3.07. The van der Waals surface area contributed by atoms with E-state index in [1.54, 1.807) is 42.7 Å². The number of carbonyl (C=O) groups excluding carboxylic acids is 2. The number of hydrogen-bond acceptors (Lipinski definition) is 7. The molecule has 3 aromatic rings. The molecule has 0 saturated carbocycles. The van der Waals surface area contributed by atoms with E-state index in [4.69, 9.17) is 4.52 Å². The smallest absolute Gasteiger partial charge is 0.261 e. The van der Waals surface area contributed by atoms with Gasteiger partial charge in [0.1, 0.15) is 0 Å². The summed E-state index contributed by atoms with van der Waals surface area (Å²) < 4.78 is 5.33. The zero-order chi connectivity index (χ0) is 19.7. The molecule has 1 unspecified atom stereocenters. The number of likely N-dealkylation sites (N-methyl/N-ethyl adjacent to an activating group) is 1. The second-order valence-electron chi connectivity index (χ2n) is 6.72. The van der Waals surface area contributed by atoms with E-state index in [-0.39, 0.29) is 36.8 Å². The normalized spacial score (nSPS) is 13.9. The molecule has 1 N–H and O–H groups in total. The van der Waals surface area contributed by atoms with E-state index in [0.717, 1.165) is 5.56 Å². The molecule has 0 fully saturated rings. The fourth-order valence-corrected chi connectivity index (χ4v) is 3.07. The SMILES string of the molecule is CNC(C)Cc1noc(-c2ccc3c(c2)C(=O)N(Cc2ccncc2)C3=O)n1.Cl. The summed E-state index contributed by atoms with van der Waals surface area (Å²) in [6.07, 6.45) is 3.89. The zero-order valence-corrected chi connectivity index (χ0v) is 16.8. The maximum absolute atomic E-state index is 12.8. The van der Waals surface area contributed by atoms with Crippen LogP contribution < -0.4 is 5.32 Å². The van der Waals surface area contributed by atoms with Crippen LogP contribution in [0.15, 0.2) is 47.2 Å². The number of nitrogens with zero attached hydrogens (tertiary/aromatic N) is 4. The van der Waals surface area contributed by atoms with E-state index in [2.05, 4.69) is 20.4 Å². The van der Waals surface area contributed by atoms with E-state index >= 15 is 0 Å². The Morgan fingerprint density at radius 3 is 2.55 bits per heavy atom. The third kappa shape index (κ3) is 4.03. The summed E-state index contributed by atoms with van der Waals surface area (Å²) in [6.45, 7) is 2.23. The molecule has 1 aliphatic heterocycles. The number of hydrogen-bond donors (Lipinski definition) is 1. The Hall–Kier alpha value is -3.10. The molecule has 1 atom stereocenters. The van der Waals surface area contributed by atoms with Crippen LogP contribution >= 0.6 is 12.4 Å². The van der Waals surface area contributed by atoms with Crippen molar-refractivity contribution < 1.29 is 14.1 Å². The molecule has 0 bridgehead atoms. The molecule has 1 aromatic carbocycles. The first-order valence-corrected chi connectivity index (χ1v) is 8.96. The van der Waals surface area contributed by atoms with Crippen molar-refractivity contribution >= 4 is 24.2 Å². The van der Waals surface area contributed by atoms with Crippen molar-refractivity contribution in [1.82, 2.24) is 25.3 Å². The van der Waals surface area contributed by atoms with E-state index in [9.17, 15) is 9.59 Å². The van der Waals surface area contributed by atoms with Crippen molar-refractivity contribution in [3.05, 3.63) is 65.2 Å². The average Bonchev–Trinajstić information content (AvgIpc) is 3.27. The molecule has 9 heteroatoms. The minimum Gasteiger partial charge on any atom is -0.334 e. The molecule has 0 saturated heterocycles. The third-order valence-corrected chi connectivity index (χ3v) is 4.76. The van der Waals surface area contributed by atoms with Gasteiger partial charge in [0.2, 0.25) is 0 Å². The first-order valence-electron chi connectivity index (χ1n) is 8.96. The molecular formula is C20H20ClN5O3. The second kappa shape index (κ2) is 8.50. The monoisotopic (exact) mass is 413 g/mol. The maximum Gasteiger partial charge on any atom is 0.261 e. The minimum atomic E-state index is -0.331. The van der Waals surface area contributed by atoms with Crippen LogP contribution in [0.2, 0.25) is 0 Å². The molecule has 4 rings (SSSR count). The van der Waals surface area contributed by atoms with Gasteiger partial charge in [-0.05, 0) is 49.9 Å². The number of pyridine rings is 1. The quantitative estimate of drug-likeness (QED) is 0.619. The predicted octanol–water partition coefficient (Wildman–Crippen LogP) is 2.50. The van der Waals surface area contributed by atoms with Crippen LogP contribution in [0.25, 0.3) is 11.5 Å².